The van der Waals surface area contributed by atoms with Crippen LogP contribution in [0.2, 0.25) is 0 Å². The van der Waals surface area contributed by atoms with Crippen LogP contribution in [0.4, 0.5) is 5.69 Å². The van der Waals surface area contributed by atoms with Crippen molar-refractivity contribution in [1.29, 1.82) is 0 Å². The fourth-order valence-corrected chi connectivity index (χ4v) is 1.89. The summed E-state index contributed by atoms with van der Waals surface area (Å²) >= 11 is 0. The van der Waals surface area contributed by atoms with Crippen LogP contribution in [0.15, 0.2) is 24.3 Å². The van der Waals surface area contributed by atoms with Gasteiger partial charge in [-0.15, -0.1) is 0 Å². The van der Waals surface area contributed by atoms with Crippen molar-refractivity contribution >= 4 is 11.7 Å². The number of methoxy groups -OCH3 is 1. The van der Waals surface area contributed by atoms with Crippen molar-refractivity contribution in [3.05, 3.63) is 24.3 Å². The third kappa shape index (κ3) is 4.81. The minimum absolute atomic E-state index is 0.386. The van der Waals surface area contributed by atoms with E-state index in [0.29, 0.717) is 6.54 Å². The van der Waals surface area contributed by atoms with E-state index in [9.17, 15) is 4.79 Å². The van der Waals surface area contributed by atoms with E-state index >= 15 is 0 Å². The topological polar surface area (TPSA) is 49.8 Å². The average Bonchev–Trinajstić information content (AvgIpc) is 2.43. The van der Waals surface area contributed by atoms with Crippen molar-refractivity contribution in [3.8, 4) is 5.75 Å². The molecule has 0 aromatic heterocycles. The second-order valence-electron chi connectivity index (χ2n) is 4.74. The zero-order valence-electron chi connectivity index (χ0n) is 11.9. The number of anilines is 1. The van der Waals surface area contributed by atoms with Crippen LogP contribution in [0.1, 0.15) is 26.7 Å². The van der Waals surface area contributed by atoms with E-state index in [0.717, 1.165) is 30.8 Å². The predicted octanol–water partition coefficient (Wildman–Crippen LogP) is 3.02. The number of hydrogen-bond donors (Lipinski definition) is 1. The molecule has 1 aromatic rings. The highest BCUT2D eigenvalue weighted by Crippen LogP contribution is 2.22. The molecule has 0 saturated heterocycles. The molecule has 0 aliphatic heterocycles. The minimum Gasteiger partial charge on any atom is -0.497 e. The van der Waals surface area contributed by atoms with Gasteiger partial charge in [-0.2, -0.15) is 0 Å². The van der Waals surface area contributed by atoms with Crippen LogP contribution in [0.5, 0.6) is 5.75 Å². The molecular formula is C15H23NO3. The summed E-state index contributed by atoms with van der Waals surface area (Å²) in [7, 11) is 1.63. The molecule has 0 spiro atoms. The van der Waals surface area contributed by atoms with E-state index in [1.807, 2.05) is 24.3 Å². The number of carbonyl (C=O) groups is 1. The molecule has 0 aliphatic rings. The summed E-state index contributed by atoms with van der Waals surface area (Å²) < 4.78 is 5.22. The lowest BCUT2D eigenvalue weighted by molar-refractivity contribution is -0.140. The van der Waals surface area contributed by atoms with E-state index in [2.05, 4.69) is 11.8 Å². The van der Waals surface area contributed by atoms with Gasteiger partial charge in [0, 0.05) is 24.8 Å². The molecule has 4 heteroatoms. The molecule has 0 saturated carbocycles. The fourth-order valence-electron chi connectivity index (χ4n) is 1.89. The fraction of sp³-hybridized carbons (Fsp3) is 0.533. The lowest BCUT2D eigenvalue weighted by Crippen LogP contribution is -2.32. The highest BCUT2D eigenvalue weighted by atomic mass is 16.5. The number of carboxylic acids is 1. The summed E-state index contributed by atoms with van der Waals surface area (Å²) in [6.07, 6.45) is 2.13. The number of benzene rings is 1. The maximum Gasteiger partial charge on any atom is 0.308 e. The van der Waals surface area contributed by atoms with Gasteiger partial charge in [-0.25, -0.2) is 0 Å². The summed E-state index contributed by atoms with van der Waals surface area (Å²) in [5, 5.41) is 9.05. The number of rotatable bonds is 8. The summed E-state index contributed by atoms with van der Waals surface area (Å²) in [5.41, 5.74) is 1.01. The SMILES string of the molecule is CCCCN(CC(C)C(=O)O)c1cccc(OC)c1. The zero-order valence-corrected chi connectivity index (χ0v) is 11.9. The Morgan fingerprint density at radius 1 is 1.47 bits per heavy atom. The molecule has 4 nitrogen and oxygen atoms in total. The summed E-state index contributed by atoms with van der Waals surface area (Å²) in [6.45, 7) is 5.25. The minimum atomic E-state index is -0.760. The van der Waals surface area contributed by atoms with Crippen LogP contribution in [0.25, 0.3) is 0 Å². The van der Waals surface area contributed by atoms with Gasteiger partial charge in [-0.1, -0.05) is 26.3 Å². The van der Waals surface area contributed by atoms with Crippen LogP contribution < -0.4 is 9.64 Å². The molecule has 106 valence electrons. The van der Waals surface area contributed by atoms with Gasteiger partial charge in [0.05, 0.1) is 13.0 Å². The molecule has 1 rings (SSSR count). The maximum absolute atomic E-state index is 11.0. The zero-order chi connectivity index (χ0) is 14.3. The van der Waals surface area contributed by atoms with Gasteiger partial charge >= 0.3 is 5.97 Å². The Labute approximate surface area is 115 Å². The third-order valence-corrected chi connectivity index (χ3v) is 3.12. The van der Waals surface area contributed by atoms with Crippen LogP contribution in [0, 0.1) is 5.92 Å². The van der Waals surface area contributed by atoms with E-state index in [1.54, 1.807) is 14.0 Å². The second kappa shape index (κ2) is 7.67. The first-order chi connectivity index (χ1) is 9.08. The van der Waals surface area contributed by atoms with Crippen molar-refractivity contribution in [2.75, 3.05) is 25.1 Å². The third-order valence-electron chi connectivity index (χ3n) is 3.12. The first-order valence-corrected chi connectivity index (χ1v) is 6.70. The Hall–Kier alpha value is -1.71. The van der Waals surface area contributed by atoms with E-state index in [1.165, 1.54) is 0 Å². The number of aliphatic carboxylic acids is 1. The normalized spacial score (nSPS) is 11.9. The Bertz CT molecular complexity index is 406. The number of unbranched alkanes of at least 4 members (excludes halogenated alkanes) is 1. The second-order valence-corrected chi connectivity index (χ2v) is 4.74. The molecule has 0 heterocycles. The Morgan fingerprint density at radius 2 is 2.21 bits per heavy atom. The Morgan fingerprint density at radius 3 is 2.79 bits per heavy atom. The molecule has 1 atom stereocenters. The Balaban J connectivity index is 2.84. The summed E-state index contributed by atoms with van der Waals surface area (Å²) in [5.74, 6) is -0.352. The van der Waals surface area contributed by atoms with Gasteiger partial charge in [-0.3, -0.25) is 4.79 Å². The standard InChI is InChI=1S/C15H23NO3/c1-4-5-9-16(11-12(2)15(17)18)13-7-6-8-14(10-13)19-3/h6-8,10,12H,4-5,9,11H2,1-3H3,(H,17,18). The van der Waals surface area contributed by atoms with Gasteiger partial charge < -0.3 is 14.7 Å². The lowest BCUT2D eigenvalue weighted by Gasteiger charge is -2.26. The van der Waals surface area contributed by atoms with Gasteiger partial charge in [0.1, 0.15) is 5.75 Å². The molecule has 1 N–H and O–H groups in total. The number of carboxylic acid groups (broad SMARTS) is 1. The Kier molecular flexibility index (Phi) is 6.19. The van der Waals surface area contributed by atoms with Crippen LogP contribution in [-0.2, 0) is 4.79 Å². The van der Waals surface area contributed by atoms with Crippen molar-refractivity contribution in [2.24, 2.45) is 5.92 Å². The molecule has 0 amide bonds. The molecule has 1 aromatic carbocycles. The predicted molar refractivity (Wildman–Crippen MR) is 76.9 cm³/mol. The molecule has 0 fully saturated rings. The summed E-state index contributed by atoms with van der Waals surface area (Å²) in [6, 6.07) is 7.76. The highest BCUT2D eigenvalue weighted by Gasteiger charge is 2.16. The van der Waals surface area contributed by atoms with Gasteiger partial charge in [0.2, 0.25) is 0 Å². The van der Waals surface area contributed by atoms with E-state index in [4.69, 9.17) is 9.84 Å². The summed E-state index contributed by atoms with van der Waals surface area (Å²) in [4.78, 5) is 13.1. The molecule has 19 heavy (non-hydrogen) atoms. The molecule has 0 aliphatic carbocycles. The largest absolute Gasteiger partial charge is 0.497 e. The molecular weight excluding hydrogens is 242 g/mol. The van der Waals surface area contributed by atoms with E-state index < -0.39 is 5.97 Å². The van der Waals surface area contributed by atoms with Crippen LogP contribution in [-0.4, -0.2) is 31.3 Å². The number of hydrogen-bond acceptors (Lipinski definition) is 3. The number of nitrogens with zero attached hydrogens (tertiary/aromatic N) is 1. The van der Waals surface area contributed by atoms with Crippen molar-refractivity contribution in [1.82, 2.24) is 0 Å². The molecule has 0 radical (unpaired) electrons. The monoisotopic (exact) mass is 265 g/mol. The van der Waals surface area contributed by atoms with Gasteiger partial charge in [0.15, 0.2) is 0 Å². The average molecular weight is 265 g/mol. The van der Waals surface area contributed by atoms with Crippen molar-refractivity contribution in [3.63, 3.8) is 0 Å². The highest BCUT2D eigenvalue weighted by molar-refractivity contribution is 5.70. The van der Waals surface area contributed by atoms with Crippen molar-refractivity contribution in [2.45, 2.75) is 26.7 Å². The quantitative estimate of drug-likeness (QED) is 0.785. The van der Waals surface area contributed by atoms with E-state index in [-0.39, 0.29) is 5.92 Å². The lowest BCUT2D eigenvalue weighted by atomic mass is 10.1. The van der Waals surface area contributed by atoms with Gasteiger partial charge in [-0.05, 0) is 18.6 Å². The molecule has 0 bridgehead atoms. The van der Waals surface area contributed by atoms with Crippen molar-refractivity contribution < 1.29 is 14.6 Å². The van der Waals surface area contributed by atoms with Gasteiger partial charge in [0.25, 0.3) is 0 Å². The van der Waals surface area contributed by atoms with Crippen LogP contribution in [0.3, 0.4) is 0 Å². The smallest absolute Gasteiger partial charge is 0.308 e. The first kappa shape index (κ1) is 15.3. The first-order valence-electron chi connectivity index (χ1n) is 6.70. The molecule has 1 unspecified atom stereocenters. The maximum atomic E-state index is 11.0. The number of ether oxygens (including phenoxy) is 1. The van der Waals surface area contributed by atoms with Crippen LogP contribution >= 0.6 is 0 Å².